The van der Waals surface area contributed by atoms with Crippen LogP contribution in [0.5, 0.6) is 11.5 Å². The molecule has 112 valence electrons. The molecule has 2 rings (SSSR count). The summed E-state index contributed by atoms with van der Waals surface area (Å²) in [4.78, 5) is 2.39. The number of hydrogen-bond acceptors (Lipinski definition) is 4. The third kappa shape index (κ3) is 3.57. The predicted octanol–water partition coefficient (Wildman–Crippen LogP) is 2.67. The first-order valence-electron chi connectivity index (χ1n) is 7.48. The smallest absolute Gasteiger partial charge is 0.142 e. The fourth-order valence-electron chi connectivity index (χ4n) is 2.72. The van der Waals surface area contributed by atoms with E-state index in [-0.39, 0.29) is 0 Å². The molecule has 1 aromatic carbocycles. The maximum Gasteiger partial charge on any atom is 0.142 e. The maximum absolute atomic E-state index is 5.48. The van der Waals surface area contributed by atoms with Gasteiger partial charge in [-0.05, 0) is 37.9 Å². The van der Waals surface area contributed by atoms with Gasteiger partial charge < -0.3 is 19.7 Å². The molecular formula is C16H26N2O2. The van der Waals surface area contributed by atoms with Crippen molar-refractivity contribution in [2.45, 2.75) is 32.2 Å². The molecule has 0 saturated carbocycles. The standard InChI is InChI=1S/C16H26N2O2/c1-4-9-17-13-7-10-18(11-8-13)15-12-14(19-2)5-6-16(15)20-3/h5-6,12-13,17H,4,7-11H2,1-3H3. The minimum Gasteiger partial charge on any atom is -0.497 e. The quantitative estimate of drug-likeness (QED) is 0.867. The molecule has 4 heteroatoms. The van der Waals surface area contributed by atoms with Crippen molar-refractivity contribution in [1.82, 2.24) is 5.32 Å². The zero-order chi connectivity index (χ0) is 14.4. The average molecular weight is 278 g/mol. The SMILES string of the molecule is CCCNC1CCN(c2cc(OC)ccc2OC)CC1. The summed E-state index contributed by atoms with van der Waals surface area (Å²) in [7, 11) is 3.42. The zero-order valence-electron chi connectivity index (χ0n) is 12.8. The summed E-state index contributed by atoms with van der Waals surface area (Å²) in [5.41, 5.74) is 1.14. The van der Waals surface area contributed by atoms with Gasteiger partial charge in [0.1, 0.15) is 11.5 Å². The number of nitrogens with zero attached hydrogens (tertiary/aromatic N) is 1. The van der Waals surface area contributed by atoms with Crippen LogP contribution < -0.4 is 19.7 Å². The summed E-state index contributed by atoms with van der Waals surface area (Å²) in [6.07, 6.45) is 3.56. The Morgan fingerprint density at radius 2 is 1.95 bits per heavy atom. The third-order valence-electron chi connectivity index (χ3n) is 3.90. The van der Waals surface area contributed by atoms with Crippen molar-refractivity contribution in [3.63, 3.8) is 0 Å². The van der Waals surface area contributed by atoms with E-state index >= 15 is 0 Å². The van der Waals surface area contributed by atoms with E-state index in [1.54, 1.807) is 14.2 Å². The molecule has 0 aromatic heterocycles. The van der Waals surface area contributed by atoms with Crippen LogP contribution in [0.3, 0.4) is 0 Å². The molecular weight excluding hydrogens is 252 g/mol. The molecule has 4 nitrogen and oxygen atoms in total. The molecule has 1 saturated heterocycles. The van der Waals surface area contributed by atoms with Crippen molar-refractivity contribution in [3.8, 4) is 11.5 Å². The number of benzene rings is 1. The fraction of sp³-hybridized carbons (Fsp3) is 0.625. The number of piperidine rings is 1. The Kier molecular flexibility index (Phi) is 5.53. The van der Waals surface area contributed by atoms with Crippen molar-refractivity contribution in [3.05, 3.63) is 18.2 Å². The van der Waals surface area contributed by atoms with Gasteiger partial charge >= 0.3 is 0 Å². The van der Waals surface area contributed by atoms with Gasteiger partial charge in [0, 0.05) is 25.2 Å². The minimum atomic E-state index is 0.655. The summed E-state index contributed by atoms with van der Waals surface area (Å²) in [6, 6.07) is 6.65. The molecule has 0 radical (unpaired) electrons. The van der Waals surface area contributed by atoms with Crippen molar-refractivity contribution < 1.29 is 9.47 Å². The summed E-state index contributed by atoms with van der Waals surface area (Å²) in [6.45, 7) is 5.45. The largest absolute Gasteiger partial charge is 0.497 e. The Morgan fingerprint density at radius 1 is 1.20 bits per heavy atom. The van der Waals surface area contributed by atoms with Crippen LogP contribution in [-0.2, 0) is 0 Å². The van der Waals surface area contributed by atoms with Crippen LogP contribution in [0.1, 0.15) is 26.2 Å². The monoisotopic (exact) mass is 278 g/mol. The molecule has 0 spiro atoms. The first-order chi connectivity index (χ1) is 9.78. The summed E-state index contributed by atoms with van der Waals surface area (Å²) in [5.74, 6) is 1.80. The lowest BCUT2D eigenvalue weighted by molar-refractivity contribution is 0.392. The van der Waals surface area contributed by atoms with E-state index in [9.17, 15) is 0 Å². The highest BCUT2D eigenvalue weighted by Crippen LogP contribution is 2.33. The first kappa shape index (κ1) is 15.0. The van der Waals surface area contributed by atoms with Gasteiger partial charge in [0.15, 0.2) is 0 Å². The Bertz CT molecular complexity index is 415. The van der Waals surface area contributed by atoms with E-state index in [0.29, 0.717) is 6.04 Å². The van der Waals surface area contributed by atoms with E-state index in [0.717, 1.165) is 36.8 Å². The Morgan fingerprint density at radius 3 is 2.55 bits per heavy atom. The highest BCUT2D eigenvalue weighted by atomic mass is 16.5. The van der Waals surface area contributed by atoms with Crippen LogP contribution in [0.4, 0.5) is 5.69 Å². The van der Waals surface area contributed by atoms with Crippen LogP contribution in [0.15, 0.2) is 18.2 Å². The molecule has 1 heterocycles. The minimum absolute atomic E-state index is 0.655. The molecule has 0 aliphatic carbocycles. The normalized spacial score (nSPS) is 16.2. The van der Waals surface area contributed by atoms with Gasteiger partial charge in [-0.3, -0.25) is 0 Å². The molecule has 1 aromatic rings. The van der Waals surface area contributed by atoms with Gasteiger partial charge in [0.25, 0.3) is 0 Å². The van der Waals surface area contributed by atoms with Crippen LogP contribution >= 0.6 is 0 Å². The van der Waals surface area contributed by atoms with Gasteiger partial charge in [0.2, 0.25) is 0 Å². The van der Waals surface area contributed by atoms with Crippen LogP contribution in [0.2, 0.25) is 0 Å². The van der Waals surface area contributed by atoms with Crippen molar-refractivity contribution in [1.29, 1.82) is 0 Å². The summed E-state index contributed by atoms with van der Waals surface area (Å²) < 4.78 is 10.8. The van der Waals surface area contributed by atoms with Gasteiger partial charge in [-0.15, -0.1) is 0 Å². The first-order valence-corrected chi connectivity index (χ1v) is 7.48. The Labute approximate surface area is 122 Å². The predicted molar refractivity (Wildman–Crippen MR) is 83.1 cm³/mol. The van der Waals surface area contributed by atoms with Crippen LogP contribution in [-0.4, -0.2) is 39.9 Å². The van der Waals surface area contributed by atoms with Crippen molar-refractivity contribution in [2.24, 2.45) is 0 Å². The molecule has 1 N–H and O–H groups in total. The van der Waals surface area contributed by atoms with Gasteiger partial charge in [-0.25, -0.2) is 0 Å². The molecule has 20 heavy (non-hydrogen) atoms. The number of ether oxygens (including phenoxy) is 2. The molecule has 1 fully saturated rings. The highest BCUT2D eigenvalue weighted by Gasteiger charge is 2.21. The molecule has 1 aliphatic rings. The van der Waals surface area contributed by atoms with E-state index in [1.165, 1.54) is 19.3 Å². The van der Waals surface area contributed by atoms with Gasteiger partial charge in [-0.2, -0.15) is 0 Å². The molecule has 0 unspecified atom stereocenters. The number of anilines is 1. The summed E-state index contributed by atoms with van der Waals surface area (Å²) >= 11 is 0. The van der Waals surface area contributed by atoms with E-state index in [1.807, 2.05) is 12.1 Å². The Balaban J connectivity index is 2.02. The van der Waals surface area contributed by atoms with E-state index < -0.39 is 0 Å². The summed E-state index contributed by atoms with van der Waals surface area (Å²) in [5, 5.41) is 3.61. The highest BCUT2D eigenvalue weighted by molar-refractivity contribution is 5.61. The average Bonchev–Trinajstić information content (AvgIpc) is 2.52. The molecule has 0 atom stereocenters. The topological polar surface area (TPSA) is 33.7 Å². The maximum atomic E-state index is 5.48. The second kappa shape index (κ2) is 7.39. The van der Waals surface area contributed by atoms with E-state index in [2.05, 4.69) is 23.2 Å². The third-order valence-corrected chi connectivity index (χ3v) is 3.90. The number of nitrogens with one attached hydrogen (secondary N) is 1. The lowest BCUT2D eigenvalue weighted by atomic mass is 10.0. The number of hydrogen-bond donors (Lipinski definition) is 1. The van der Waals surface area contributed by atoms with Crippen molar-refractivity contribution in [2.75, 3.05) is 38.8 Å². The van der Waals surface area contributed by atoms with Crippen molar-refractivity contribution >= 4 is 5.69 Å². The van der Waals surface area contributed by atoms with E-state index in [4.69, 9.17) is 9.47 Å². The lowest BCUT2D eigenvalue weighted by Crippen LogP contribution is -2.42. The molecule has 0 bridgehead atoms. The molecule has 0 amide bonds. The second-order valence-electron chi connectivity index (χ2n) is 5.25. The molecule has 1 aliphatic heterocycles. The van der Waals surface area contributed by atoms with Gasteiger partial charge in [0.05, 0.1) is 19.9 Å². The van der Waals surface area contributed by atoms with Crippen LogP contribution in [0.25, 0.3) is 0 Å². The number of methoxy groups -OCH3 is 2. The van der Waals surface area contributed by atoms with Crippen LogP contribution in [0, 0.1) is 0 Å². The Hall–Kier alpha value is -1.42. The fourth-order valence-corrected chi connectivity index (χ4v) is 2.72. The lowest BCUT2D eigenvalue weighted by Gasteiger charge is -2.34. The zero-order valence-corrected chi connectivity index (χ0v) is 12.8. The van der Waals surface area contributed by atoms with Gasteiger partial charge in [-0.1, -0.05) is 6.92 Å². The number of rotatable bonds is 6. The second-order valence-corrected chi connectivity index (χ2v) is 5.25.